The van der Waals surface area contributed by atoms with Gasteiger partial charge in [0, 0.05) is 6.42 Å². The van der Waals surface area contributed by atoms with E-state index in [1.165, 1.54) is 173 Å². The van der Waals surface area contributed by atoms with Gasteiger partial charge < -0.3 is 20.3 Å². The number of unbranched alkanes of at least 4 members (excludes halogenated alkanes) is 35. The molecule has 0 heterocycles. The van der Waals surface area contributed by atoms with E-state index in [1.54, 1.807) is 0 Å². The summed E-state index contributed by atoms with van der Waals surface area (Å²) in [5, 5.41) is 23.9. The minimum Gasteiger partial charge on any atom is -0.462 e. The lowest BCUT2D eigenvalue weighted by molar-refractivity contribution is -0.151. The summed E-state index contributed by atoms with van der Waals surface area (Å²) in [4.78, 5) is 26.3. The van der Waals surface area contributed by atoms with Crippen molar-refractivity contribution >= 4 is 11.9 Å². The normalized spacial score (nSPS) is 13.4. The molecule has 0 bridgehead atoms. The van der Waals surface area contributed by atoms with Gasteiger partial charge in [0.25, 0.3) is 0 Å². The summed E-state index contributed by atoms with van der Waals surface area (Å²) in [5.41, 5.74) is 0. The maximum atomic E-state index is 13.3. The van der Waals surface area contributed by atoms with Crippen molar-refractivity contribution in [3.63, 3.8) is 0 Å². The largest absolute Gasteiger partial charge is 0.462 e. The standard InChI is InChI=1S/C61H113NO5/c1-4-7-10-13-16-19-22-25-28-30-31-33-36-39-42-45-48-51-54-61(66)67-57(52-49-46-43-40-37-34-32-29-26-23-20-17-14-11-8-5-2)55-60(65)62-58(56-63)59(64)53-50-47-44-41-38-35-27-24-21-18-15-12-9-6-3/h28-34,37,57-59,63-64H,4-27,35-36,38-56H2,1-3H3,(H,62,65)/b30-28+,32-29+,33-31+,37-34+. The molecule has 0 aliphatic heterocycles. The van der Waals surface area contributed by atoms with Crippen molar-refractivity contribution < 1.29 is 24.5 Å². The lowest BCUT2D eigenvalue weighted by Crippen LogP contribution is -2.46. The van der Waals surface area contributed by atoms with Gasteiger partial charge in [0.05, 0.1) is 25.2 Å². The van der Waals surface area contributed by atoms with Crippen molar-refractivity contribution in [2.24, 2.45) is 0 Å². The molecule has 0 aromatic rings. The van der Waals surface area contributed by atoms with Crippen LogP contribution in [0.25, 0.3) is 0 Å². The van der Waals surface area contributed by atoms with Gasteiger partial charge >= 0.3 is 5.97 Å². The molecule has 0 aromatic heterocycles. The highest BCUT2D eigenvalue weighted by Gasteiger charge is 2.24. The van der Waals surface area contributed by atoms with E-state index in [-0.39, 0.29) is 24.9 Å². The molecule has 0 aromatic carbocycles. The van der Waals surface area contributed by atoms with Gasteiger partial charge in [-0.1, -0.05) is 262 Å². The molecule has 0 rings (SSSR count). The third kappa shape index (κ3) is 50.0. The average molecular weight is 941 g/mol. The Bertz CT molecular complexity index is 1150. The molecule has 3 unspecified atom stereocenters. The molecule has 0 saturated carbocycles. The quantitative estimate of drug-likeness (QED) is 0.0321. The second-order valence-corrected chi connectivity index (χ2v) is 20.1. The first kappa shape index (κ1) is 64.8. The monoisotopic (exact) mass is 940 g/mol. The second-order valence-electron chi connectivity index (χ2n) is 20.1. The van der Waals surface area contributed by atoms with Crippen molar-refractivity contribution in [2.45, 2.75) is 322 Å². The summed E-state index contributed by atoms with van der Waals surface area (Å²) < 4.78 is 5.95. The second kappa shape index (κ2) is 54.8. The Kier molecular flexibility index (Phi) is 53.0. The number of hydrogen-bond donors (Lipinski definition) is 3. The van der Waals surface area contributed by atoms with E-state index < -0.39 is 18.2 Å². The average Bonchev–Trinajstić information content (AvgIpc) is 3.32. The lowest BCUT2D eigenvalue weighted by Gasteiger charge is -2.24. The van der Waals surface area contributed by atoms with Gasteiger partial charge in [-0.05, 0) is 77.0 Å². The minimum absolute atomic E-state index is 0.0546. The molecule has 3 N–H and O–H groups in total. The predicted octanol–water partition coefficient (Wildman–Crippen LogP) is 18.2. The predicted molar refractivity (Wildman–Crippen MR) is 292 cm³/mol. The van der Waals surface area contributed by atoms with Crippen molar-refractivity contribution in [3.05, 3.63) is 48.6 Å². The molecule has 67 heavy (non-hydrogen) atoms. The molecular weight excluding hydrogens is 827 g/mol. The van der Waals surface area contributed by atoms with Crippen molar-refractivity contribution in [3.8, 4) is 0 Å². The van der Waals surface area contributed by atoms with Crippen LogP contribution in [-0.4, -0.2) is 46.9 Å². The van der Waals surface area contributed by atoms with Crippen LogP contribution in [0.1, 0.15) is 303 Å². The van der Waals surface area contributed by atoms with E-state index in [0.29, 0.717) is 19.3 Å². The first-order valence-electron chi connectivity index (χ1n) is 29.4. The number of aliphatic hydroxyl groups excluding tert-OH is 2. The fourth-order valence-corrected chi connectivity index (χ4v) is 8.94. The van der Waals surface area contributed by atoms with Crippen LogP contribution >= 0.6 is 0 Å². The number of carbonyl (C=O) groups is 2. The number of rotatable bonds is 53. The number of hydrogen-bond acceptors (Lipinski definition) is 5. The van der Waals surface area contributed by atoms with Crippen LogP contribution in [0.2, 0.25) is 0 Å². The Labute approximate surface area is 416 Å². The summed E-state index contributed by atoms with van der Waals surface area (Å²) in [6.07, 6.45) is 67.5. The van der Waals surface area contributed by atoms with Crippen LogP contribution in [0.15, 0.2) is 48.6 Å². The summed E-state index contributed by atoms with van der Waals surface area (Å²) in [5.74, 6) is -0.507. The molecule has 6 nitrogen and oxygen atoms in total. The van der Waals surface area contributed by atoms with Gasteiger partial charge in [-0.2, -0.15) is 0 Å². The molecule has 3 atom stereocenters. The number of nitrogens with one attached hydrogen (secondary N) is 1. The minimum atomic E-state index is -0.798. The van der Waals surface area contributed by atoms with Gasteiger partial charge in [0.1, 0.15) is 6.10 Å². The van der Waals surface area contributed by atoms with Gasteiger partial charge in [-0.25, -0.2) is 0 Å². The topological polar surface area (TPSA) is 95.9 Å². The Balaban J connectivity index is 4.62. The Hall–Kier alpha value is -2.18. The van der Waals surface area contributed by atoms with Gasteiger partial charge in [-0.15, -0.1) is 0 Å². The van der Waals surface area contributed by atoms with Crippen LogP contribution in [-0.2, 0) is 14.3 Å². The van der Waals surface area contributed by atoms with Crippen LogP contribution in [0.4, 0.5) is 0 Å². The van der Waals surface area contributed by atoms with E-state index in [4.69, 9.17) is 4.74 Å². The summed E-state index contributed by atoms with van der Waals surface area (Å²) in [6.45, 7) is 6.49. The van der Waals surface area contributed by atoms with E-state index in [9.17, 15) is 19.8 Å². The van der Waals surface area contributed by atoms with Crippen molar-refractivity contribution in [2.75, 3.05) is 6.61 Å². The Morgan fingerprint density at radius 2 is 0.746 bits per heavy atom. The SMILES string of the molecule is CCCCCCCCC/C=C/C=C/CCCCCCCC(=O)OC(CCCCC/C=C/C=C/CCCCCCCCC)CC(=O)NC(CO)C(O)CCCCCCCCCCCCCCCC. The molecule has 0 aliphatic carbocycles. The van der Waals surface area contributed by atoms with Crippen LogP contribution in [0.3, 0.4) is 0 Å². The Morgan fingerprint density at radius 1 is 0.433 bits per heavy atom. The van der Waals surface area contributed by atoms with Crippen molar-refractivity contribution in [1.82, 2.24) is 5.32 Å². The number of amides is 1. The smallest absolute Gasteiger partial charge is 0.306 e. The third-order valence-corrected chi connectivity index (χ3v) is 13.4. The zero-order valence-electron chi connectivity index (χ0n) is 44.8. The molecule has 6 heteroatoms. The molecule has 0 saturated heterocycles. The first-order valence-corrected chi connectivity index (χ1v) is 29.4. The van der Waals surface area contributed by atoms with E-state index in [2.05, 4.69) is 74.7 Å². The highest BCUT2D eigenvalue weighted by Crippen LogP contribution is 2.18. The van der Waals surface area contributed by atoms with Gasteiger partial charge in [0.2, 0.25) is 5.91 Å². The maximum absolute atomic E-state index is 13.3. The molecule has 1 amide bonds. The van der Waals surface area contributed by atoms with E-state index >= 15 is 0 Å². The lowest BCUT2D eigenvalue weighted by atomic mass is 10.0. The van der Waals surface area contributed by atoms with Crippen molar-refractivity contribution in [1.29, 1.82) is 0 Å². The highest BCUT2D eigenvalue weighted by molar-refractivity contribution is 5.77. The fourth-order valence-electron chi connectivity index (χ4n) is 8.94. The third-order valence-electron chi connectivity index (χ3n) is 13.4. The van der Waals surface area contributed by atoms with E-state index in [1.807, 2.05) is 0 Å². The fraction of sp³-hybridized carbons (Fsp3) is 0.836. The molecule has 0 radical (unpaired) electrons. The molecule has 0 aliphatic rings. The molecule has 392 valence electrons. The molecule has 0 spiro atoms. The van der Waals surface area contributed by atoms with E-state index in [0.717, 1.165) is 83.5 Å². The molecular formula is C61H113NO5. The zero-order chi connectivity index (χ0) is 48.8. The zero-order valence-corrected chi connectivity index (χ0v) is 44.8. The first-order chi connectivity index (χ1) is 33.0. The number of carbonyl (C=O) groups excluding carboxylic acids is 2. The number of ether oxygens (including phenoxy) is 1. The number of allylic oxidation sites excluding steroid dienone is 8. The van der Waals surface area contributed by atoms with Crippen LogP contribution < -0.4 is 5.32 Å². The Morgan fingerprint density at radius 3 is 1.12 bits per heavy atom. The summed E-state index contributed by atoms with van der Waals surface area (Å²) in [6, 6.07) is -0.714. The summed E-state index contributed by atoms with van der Waals surface area (Å²) >= 11 is 0. The number of aliphatic hydroxyl groups is 2. The highest BCUT2D eigenvalue weighted by atomic mass is 16.5. The summed E-state index contributed by atoms with van der Waals surface area (Å²) in [7, 11) is 0. The maximum Gasteiger partial charge on any atom is 0.306 e. The number of esters is 1. The molecule has 0 fully saturated rings. The van der Waals surface area contributed by atoms with Gasteiger partial charge in [-0.3, -0.25) is 9.59 Å². The van der Waals surface area contributed by atoms with Crippen LogP contribution in [0, 0.1) is 0 Å². The van der Waals surface area contributed by atoms with Crippen LogP contribution in [0.5, 0.6) is 0 Å². The van der Waals surface area contributed by atoms with Gasteiger partial charge in [0.15, 0.2) is 0 Å².